The van der Waals surface area contributed by atoms with Gasteiger partial charge in [-0.15, -0.1) is 0 Å². The molecule has 1 fully saturated rings. The van der Waals surface area contributed by atoms with Gasteiger partial charge in [0.05, 0.1) is 13.2 Å². The molecule has 87 valence electrons. The van der Waals surface area contributed by atoms with Crippen molar-refractivity contribution in [3.8, 4) is 0 Å². The molecule has 0 aromatic heterocycles. The number of rotatable bonds is 6. The lowest BCUT2D eigenvalue weighted by Crippen LogP contribution is -2.38. The second-order valence-corrected chi connectivity index (χ2v) is 3.77. The highest BCUT2D eigenvalue weighted by atomic mass is 19.3. The van der Waals surface area contributed by atoms with E-state index in [9.17, 15) is 13.6 Å². The van der Waals surface area contributed by atoms with E-state index in [1.54, 1.807) is 0 Å². The molecule has 0 unspecified atom stereocenters. The van der Waals surface area contributed by atoms with Gasteiger partial charge in [-0.05, 0) is 12.8 Å². The van der Waals surface area contributed by atoms with E-state index in [0.29, 0.717) is 13.2 Å². The van der Waals surface area contributed by atoms with Crippen LogP contribution in [-0.4, -0.2) is 25.0 Å². The molecule has 0 aromatic carbocycles. The molecule has 0 aromatic rings. The average Bonchev–Trinajstić information content (AvgIpc) is 2.09. The van der Waals surface area contributed by atoms with Crippen molar-refractivity contribution in [2.45, 2.75) is 32.1 Å². The Balaban J connectivity index is 2.00. The van der Waals surface area contributed by atoms with E-state index in [4.69, 9.17) is 4.74 Å². The van der Waals surface area contributed by atoms with E-state index in [2.05, 4.69) is 5.32 Å². The molecular formula is C10H16F2NO2. The monoisotopic (exact) mass is 220 g/mol. The smallest absolute Gasteiger partial charge is 0.248 e. The van der Waals surface area contributed by atoms with E-state index in [-0.39, 0.29) is 31.1 Å². The summed E-state index contributed by atoms with van der Waals surface area (Å²) in [7, 11) is 0. The van der Waals surface area contributed by atoms with E-state index in [1.807, 2.05) is 6.92 Å². The fourth-order valence-corrected chi connectivity index (χ4v) is 1.58. The van der Waals surface area contributed by atoms with Crippen molar-refractivity contribution in [3.05, 3.63) is 6.54 Å². The number of alkyl halides is 2. The second kappa shape index (κ2) is 5.39. The molecule has 0 aliphatic heterocycles. The van der Waals surface area contributed by atoms with Crippen LogP contribution in [-0.2, 0) is 9.53 Å². The average molecular weight is 220 g/mol. The van der Waals surface area contributed by atoms with Crippen LogP contribution in [0, 0.1) is 12.5 Å². The van der Waals surface area contributed by atoms with Gasteiger partial charge in [0, 0.05) is 25.9 Å². The molecule has 5 heteroatoms. The van der Waals surface area contributed by atoms with Gasteiger partial charge in [-0.3, -0.25) is 4.79 Å². The van der Waals surface area contributed by atoms with Gasteiger partial charge in [0.2, 0.25) is 11.8 Å². The largest absolute Gasteiger partial charge is 0.380 e. The summed E-state index contributed by atoms with van der Waals surface area (Å²) < 4.78 is 29.8. The van der Waals surface area contributed by atoms with Gasteiger partial charge in [-0.2, -0.15) is 0 Å². The molecule has 1 radical (unpaired) electrons. The Bertz CT molecular complexity index is 213. The Kier molecular flexibility index (Phi) is 4.45. The highest BCUT2D eigenvalue weighted by Gasteiger charge is 2.45. The number of nitrogens with one attached hydrogen (secondary N) is 1. The first-order valence-corrected chi connectivity index (χ1v) is 5.10. The summed E-state index contributed by atoms with van der Waals surface area (Å²) in [6, 6.07) is 0. The van der Waals surface area contributed by atoms with Crippen LogP contribution in [0.2, 0.25) is 0 Å². The minimum atomic E-state index is -2.54. The number of carbonyl (C=O) groups excluding carboxylic acids is 1. The van der Waals surface area contributed by atoms with Crippen molar-refractivity contribution < 1.29 is 18.3 Å². The van der Waals surface area contributed by atoms with Crippen LogP contribution >= 0.6 is 0 Å². The van der Waals surface area contributed by atoms with Crippen molar-refractivity contribution >= 4 is 5.91 Å². The lowest BCUT2D eigenvalue weighted by atomic mass is 9.79. The highest BCUT2D eigenvalue weighted by molar-refractivity contribution is 5.76. The first-order chi connectivity index (χ1) is 7.03. The molecule has 1 aliphatic carbocycles. The molecule has 1 amide bonds. The predicted octanol–water partition coefficient (Wildman–Crippen LogP) is 1.74. The number of ether oxygens (including phenoxy) is 1. The molecule has 3 nitrogen and oxygen atoms in total. The quantitative estimate of drug-likeness (QED) is 0.692. The third kappa shape index (κ3) is 4.55. The second-order valence-electron chi connectivity index (χ2n) is 3.77. The summed E-state index contributed by atoms with van der Waals surface area (Å²) in [5.74, 6) is -2.92. The molecule has 0 bridgehead atoms. The topological polar surface area (TPSA) is 38.3 Å². The standard InChI is InChI=1S/C10H16F2NO2/c1-2-15-4-3-13-9(14)5-8-6-10(11,12)7-8/h3,8H,2,4-7H2,1H3,(H,13,14). The maximum atomic E-state index is 12.4. The Morgan fingerprint density at radius 1 is 1.60 bits per heavy atom. The SMILES string of the molecule is CCOC[CH]NC(=O)CC1CC(F)(F)C1. The van der Waals surface area contributed by atoms with Crippen LogP contribution < -0.4 is 5.32 Å². The minimum Gasteiger partial charge on any atom is -0.380 e. The van der Waals surface area contributed by atoms with Crippen LogP contribution in [0.4, 0.5) is 8.78 Å². The van der Waals surface area contributed by atoms with Gasteiger partial charge in [-0.25, -0.2) is 8.78 Å². The predicted molar refractivity (Wildman–Crippen MR) is 51.2 cm³/mol. The summed E-state index contributed by atoms with van der Waals surface area (Å²) in [5.41, 5.74) is 0. The number of halogens is 2. The van der Waals surface area contributed by atoms with Gasteiger partial charge < -0.3 is 10.1 Å². The molecule has 0 heterocycles. The minimum absolute atomic E-state index is 0.161. The first-order valence-electron chi connectivity index (χ1n) is 5.10. The number of carbonyl (C=O) groups is 1. The summed E-state index contributed by atoms with van der Waals surface area (Å²) >= 11 is 0. The van der Waals surface area contributed by atoms with Crippen molar-refractivity contribution in [2.75, 3.05) is 13.2 Å². The maximum absolute atomic E-state index is 12.4. The van der Waals surface area contributed by atoms with Gasteiger partial charge >= 0.3 is 0 Å². The Morgan fingerprint density at radius 2 is 2.27 bits per heavy atom. The summed E-state index contributed by atoms with van der Waals surface area (Å²) in [6.07, 6.45) is -0.143. The summed E-state index contributed by atoms with van der Waals surface area (Å²) in [4.78, 5) is 11.2. The summed E-state index contributed by atoms with van der Waals surface area (Å²) in [5, 5.41) is 2.51. The first kappa shape index (κ1) is 12.4. The van der Waals surface area contributed by atoms with Crippen LogP contribution in [0.25, 0.3) is 0 Å². The zero-order valence-electron chi connectivity index (χ0n) is 8.76. The molecule has 0 atom stereocenters. The molecule has 0 saturated heterocycles. The molecule has 1 N–H and O–H groups in total. The third-order valence-electron chi connectivity index (χ3n) is 2.32. The highest BCUT2D eigenvalue weighted by Crippen LogP contribution is 2.43. The van der Waals surface area contributed by atoms with Crippen LogP contribution in [0.3, 0.4) is 0 Å². The van der Waals surface area contributed by atoms with Crippen molar-refractivity contribution in [2.24, 2.45) is 5.92 Å². The molecule has 0 spiro atoms. The van der Waals surface area contributed by atoms with E-state index >= 15 is 0 Å². The van der Waals surface area contributed by atoms with Crippen molar-refractivity contribution in [1.82, 2.24) is 5.32 Å². The zero-order chi connectivity index (χ0) is 11.3. The maximum Gasteiger partial charge on any atom is 0.248 e. The number of hydrogen-bond acceptors (Lipinski definition) is 2. The fraction of sp³-hybridized carbons (Fsp3) is 0.800. The van der Waals surface area contributed by atoms with E-state index < -0.39 is 5.92 Å². The molecule has 15 heavy (non-hydrogen) atoms. The Hall–Kier alpha value is -0.710. The lowest BCUT2D eigenvalue weighted by Gasteiger charge is -2.34. The summed E-state index contributed by atoms with van der Waals surface area (Å²) in [6.45, 7) is 4.29. The molecular weight excluding hydrogens is 204 g/mol. The molecule has 1 saturated carbocycles. The number of amides is 1. The van der Waals surface area contributed by atoms with Crippen LogP contribution in [0.15, 0.2) is 0 Å². The van der Waals surface area contributed by atoms with Gasteiger partial charge in [-0.1, -0.05) is 0 Å². The van der Waals surface area contributed by atoms with Crippen molar-refractivity contribution in [3.63, 3.8) is 0 Å². The lowest BCUT2D eigenvalue weighted by molar-refractivity contribution is -0.133. The third-order valence-corrected chi connectivity index (χ3v) is 2.32. The molecule has 1 rings (SSSR count). The van der Waals surface area contributed by atoms with E-state index in [0.717, 1.165) is 0 Å². The normalized spacial score (nSPS) is 19.7. The van der Waals surface area contributed by atoms with Crippen LogP contribution in [0.1, 0.15) is 26.2 Å². The zero-order valence-corrected chi connectivity index (χ0v) is 8.76. The fourth-order valence-electron chi connectivity index (χ4n) is 1.58. The van der Waals surface area contributed by atoms with Crippen LogP contribution in [0.5, 0.6) is 0 Å². The van der Waals surface area contributed by atoms with E-state index in [1.165, 1.54) is 6.54 Å². The number of hydrogen-bond donors (Lipinski definition) is 1. The Morgan fingerprint density at radius 3 is 2.80 bits per heavy atom. The molecule has 1 aliphatic rings. The van der Waals surface area contributed by atoms with Gasteiger partial charge in [0.15, 0.2) is 0 Å². The van der Waals surface area contributed by atoms with Gasteiger partial charge in [0.1, 0.15) is 0 Å². The van der Waals surface area contributed by atoms with Crippen molar-refractivity contribution in [1.29, 1.82) is 0 Å². The van der Waals surface area contributed by atoms with Gasteiger partial charge in [0.25, 0.3) is 0 Å². The Labute approximate surface area is 88.2 Å².